The van der Waals surface area contributed by atoms with Gasteiger partial charge in [-0.15, -0.1) is 0 Å². The van der Waals surface area contributed by atoms with Crippen LogP contribution < -0.4 is 11.1 Å². The highest BCUT2D eigenvalue weighted by atomic mass is 16.5. The number of amidine groups is 1. The van der Waals surface area contributed by atoms with E-state index in [0.29, 0.717) is 13.2 Å². The molecule has 0 aromatic heterocycles. The van der Waals surface area contributed by atoms with Crippen molar-refractivity contribution in [3.63, 3.8) is 0 Å². The van der Waals surface area contributed by atoms with E-state index in [9.17, 15) is 0 Å². The van der Waals surface area contributed by atoms with E-state index in [2.05, 4.69) is 10.5 Å². The number of oxime groups is 1. The molecule has 0 radical (unpaired) electrons. The molecule has 0 aliphatic carbocycles. The summed E-state index contributed by atoms with van der Waals surface area (Å²) in [4.78, 5) is 0. The van der Waals surface area contributed by atoms with Crippen LogP contribution in [0.25, 0.3) is 0 Å². The largest absolute Gasteiger partial charge is 0.409 e. The van der Waals surface area contributed by atoms with Crippen molar-refractivity contribution in [3.8, 4) is 0 Å². The van der Waals surface area contributed by atoms with E-state index in [0.717, 1.165) is 0 Å². The van der Waals surface area contributed by atoms with E-state index in [1.807, 2.05) is 20.8 Å². The number of nitrogens with zero attached hydrogens (tertiary/aromatic N) is 1. The fraction of sp³-hybridized carbons (Fsp3) is 0.875. The van der Waals surface area contributed by atoms with Gasteiger partial charge in [0.25, 0.3) is 0 Å². The summed E-state index contributed by atoms with van der Waals surface area (Å²) in [5.41, 5.74) is 5.39. The van der Waals surface area contributed by atoms with E-state index in [1.54, 1.807) is 0 Å². The molecule has 0 aliphatic rings. The monoisotopic (exact) mass is 189 g/mol. The Balaban J connectivity index is 3.71. The number of ether oxygens (including phenoxy) is 1. The Morgan fingerprint density at radius 3 is 2.69 bits per heavy atom. The maximum atomic E-state index is 8.39. The van der Waals surface area contributed by atoms with Crippen molar-refractivity contribution in [2.24, 2.45) is 10.9 Å². The van der Waals surface area contributed by atoms with Crippen molar-refractivity contribution in [1.29, 1.82) is 0 Å². The zero-order valence-electron chi connectivity index (χ0n) is 8.45. The molecule has 78 valence electrons. The predicted octanol–water partition coefficient (Wildman–Crippen LogP) is 0.136. The lowest BCUT2D eigenvalue weighted by Crippen LogP contribution is -2.45. The molecule has 0 aromatic rings. The average Bonchev–Trinajstić information content (AvgIpc) is 2.13. The minimum Gasteiger partial charge on any atom is -0.409 e. The van der Waals surface area contributed by atoms with Crippen LogP contribution in [0.5, 0.6) is 0 Å². The highest BCUT2D eigenvalue weighted by molar-refractivity contribution is 5.84. The van der Waals surface area contributed by atoms with Crippen molar-refractivity contribution < 1.29 is 9.94 Å². The molecule has 0 spiro atoms. The Bertz CT molecular complexity index is 161. The third-order valence-electron chi connectivity index (χ3n) is 1.67. The molecule has 0 aliphatic heterocycles. The van der Waals surface area contributed by atoms with Crippen LogP contribution in [-0.4, -0.2) is 36.3 Å². The van der Waals surface area contributed by atoms with Crippen LogP contribution in [0.2, 0.25) is 0 Å². The molecular formula is C8H19N3O2. The molecule has 4 N–H and O–H groups in total. The number of hydrogen-bond acceptors (Lipinski definition) is 4. The van der Waals surface area contributed by atoms with Crippen molar-refractivity contribution in [2.45, 2.75) is 32.9 Å². The van der Waals surface area contributed by atoms with Gasteiger partial charge >= 0.3 is 0 Å². The van der Waals surface area contributed by atoms with Crippen molar-refractivity contribution >= 4 is 5.84 Å². The quantitative estimate of drug-likeness (QED) is 0.240. The Morgan fingerprint density at radius 1 is 1.62 bits per heavy atom. The summed E-state index contributed by atoms with van der Waals surface area (Å²) in [6.45, 7) is 7.08. The fourth-order valence-electron chi connectivity index (χ4n) is 0.941. The molecule has 5 heteroatoms. The van der Waals surface area contributed by atoms with E-state index < -0.39 is 0 Å². The molecule has 0 heterocycles. The molecule has 5 nitrogen and oxygen atoms in total. The average molecular weight is 189 g/mol. The van der Waals surface area contributed by atoms with Crippen LogP contribution in [0.4, 0.5) is 0 Å². The molecular weight excluding hydrogens is 170 g/mol. The molecule has 0 aromatic carbocycles. The number of rotatable bonds is 6. The summed E-state index contributed by atoms with van der Waals surface area (Å²) in [5, 5.41) is 14.4. The minimum atomic E-state index is -0.138. The van der Waals surface area contributed by atoms with Gasteiger partial charge in [0, 0.05) is 12.6 Å². The molecule has 0 bridgehead atoms. The van der Waals surface area contributed by atoms with Gasteiger partial charge in [-0.3, -0.25) is 0 Å². The van der Waals surface area contributed by atoms with Gasteiger partial charge in [0.05, 0.1) is 12.6 Å². The predicted molar refractivity (Wildman–Crippen MR) is 52.0 cm³/mol. The zero-order chi connectivity index (χ0) is 10.3. The molecule has 0 rings (SSSR count). The SMILES string of the molecule is CCOCC(C)NC(C)C(N)=NO. The first-order valence-electron chi connectivity index (χ1n) is 4.43. The second-order valence-corrected chi connectivity index (χ2v) is 2.97. The minimum absolute atomic E-state index is 0.138. The van der Waals surface area contributed by atoms with E-state index in [4.69, 9.17) is 15.7 Å². The van der Waals surface area contributed by atoms with Crippen LogP contribution in [-0.2, 0) is 4.74 Å². The smallest absolute Gasteiger partial charge is 0.156 e. The molecule has 0 fully saturated rings. The van der Waals surface area contributed by atoms with Crippen molar-refractivity contribution in [2.75, 3.05) is 13.2 Å². The van der Waals surface area contributed by atoms with Gasteiger partial charge in [-0.1, -0.05) is 5.16 Å². The first kappa shape index (κ1) is 12.2. The van der Waals surface area contributed by atoms with Crippen molar-refractivity contribution in [3.05, 3.63) is 0 Å². The zero-order valence-corrected chi connectivity index (χ0v) is 8.45. The van der Waals surface area contributed by atoms with Crippen LogP contribution in [0.15, 0.2) is 5.16 Å². The highest BCUT2D eigenvalue weighted by Gasteiger charge is 2.10. The molecule has 0 saturated heterocycles. The maximum absolute atomic E-state index is 8.39. The second kappa shape index (κ2) is 6.68. The van der Waals surface area contributed by atoms with Gasteiger partial charge in [-0.2, -0.15) is 0 Å². The molecule has 2 unspecified atom stereocenters. The third-order valence-corrected chi connectivity index (χ3v) is 1.67. The fourth-order valence-corrected chi connectivity index (χ4v) is 0.941. The number of nitrogens with one attached hydrogen (secondary N) is 1. The molecule has 13 heavy (non-hydrogen) atoms. The van der Waals surface area contributed by atoms with Gasteiger partial charge in [-0.25, -0.2) is 0 Å². The lowest BCUT2D eigenvalue weighted by molar-refractivity contribution is 0.126. The van der Waals surface area contributed by atoms with Gasteiger partial charge in [0.2, 0.25) is 0 Å². The summed E-state index contributed by atoms with van der Waals surface area (Å²) >= 11 is 0. The lowest BCUT2D eigenvalue weighted by Gasteiger charge is -2.18. The van der Waals surface area contributed by atoms with E-state index >= 15 is 0 Å². The summed E-state index contributed by atoms with van der Waals surface area (Å²) in [7, 11) is 0. The third kappa shape index (κ3) is 5.43. The Labute approximate surface area is 78.9 Å². The Hall–Kier alpha value is -0.810. The first-order chi connectivity index (χ1) is 6.11. The Morgan fingerprint density at radius 2 is 2.23 bits per heavy atom. The lowest BCUT2D eigenvalue weighted by atomic mass is 10.2. The van der Waals surface area contributed by atoms with Gasteiger partial charge < -0.3 is 21.0 Å². The first-order valence-corrected chi connectivity index (χ1v) is 4.43. The summed E-state index contributed by atoms with van der Waals surface area (Å²) in [6, 6.07) is 0.0516. The van der Waals surface area contributed by atoms with Crippen LogP contribution in [0, 0.1) is 0 Å². The molecule has 0 saturated carbocycles. The standard InChI is InChI=1S/C8H19N3O2/c1-4-13-5-6(2)10-7(3)8(9)11-12/h6-7,10,12H,4-5H2,1-3H3,(H2,9,11). The summed E-state index contributed by atoms with van der Waals surface area (Å²) < 4.78 is 5.20. The van der Waals surface area contributed by atoms with Crippen molar-refractivity contribution in [1.82, 2.24) is 5.32 Å². The Kier molecular flexibility index (Phi) is 6.26. The topological polar surface area (TPSA) is 79.9 Å². The van der Waals surface area contributed by atoms with Crippen LogP contribution >= 0.6 is 0 Å². The van der Waals surface area contributed by atoms with E-state index in [1.165, 1.54) is 0 Å². The van der Waals surface area contributed by atoms with Gasteiger partial charge in [-0.05, 0) is 20.8 Å². The highest BCUT2D eigenvalue weighted by Crippen LogP contribution is 1.89. The summed E-state index contributed by atoms with van der Waals surface area (Å²) in [6.07, 6.45) is 0. The number of hydrogen-bond donors (Lipinski definition) is 3. The van der Waals surface area contributed by atoms with Crippen LogP contribution in [0.3, 0.4) is 0 Å². The molecule has 2 atom stereocenters. The van der Waals surface area contributed by atoms with E-state index in [-0.39, 0.29) is 17.9 Å². The maximum Gasteiger partial charge on any atom is 0.156 e. The molecule has 0 amide bonds. The normalized spacial score (nSPS) is 17.0. The van der Waals surface area contributed by atoms with Gasteiger partial charge in [0.1, 0.15) is 0 Å². The second-order valence-electron chi connectivity index (χ2n) is 2.97. The van der Waals surface area contributed by atoms with Crippen LogP contribution in [0.1, 0.15) is 20.8 Å². The number of nitrogens with two attached hydrogens (primary N) is 1. The van der Waals surface area contributed by atoms with Gasteiger partial charge in [0.15, 0.2) is 5.84 Å². The summed E-state index contributed by atoms with van der Waals surface area (Å²) in [5.74, 6) is 0.184.